The van der Waals surface area contributed by atoms with E-state index >= 15 is 0 Å². The molecule has 8 heteroatoms. The van der Waals surface area contributed by atoms with Gasteiger partial charge in [-0.15, -0.1) is 0 Å². The molecule has 0 aliphatic rings. The highest BCUT2D eigenvalue weighted by atomic mass is 35.5. The minimum Gasteiger partial charge on any atom is -0.494 e. The average molecular weight is 384 g/mol. The third-order valence-corrected chi connectivity index (χ3v) is 5.06. The molecule has 2 aromatic carbocycles. The van der Waals surface area contributed by atoms with E-state index in [-0.39, 0.29) is 22.0 Å². The summed E-state index contributed by atoms with van der Waals surface area (Å²) >= 11 is 5.91. The molecule has 0 atom stereocenters. The van der Waals surface area contributed by atoms with Gasteiger partial charge in [0, 0.05) is 6.54 Å². The zero-order valence-electron chi connectivity index (χ0n) is 13.8. The zero-order chi connectivity index (χ0) is 18.4. The predicted molar refractivity (Wildman–Crippen MR) is 94.4 cm³/mol. The predicted octanol–water partition coefficient (Wildman–Crippen LogP) is 3.00. The largest absolute Gasteiger partial charge is 0.494 e. The van der Waals surface area contributed by atoms with Gasteiger partial charge in [-0.2, -0.15) is 0 Å². The number of nitrogens with one attached hydrogen (secondary N) is 1. The molecule has 0 radical (unpaired) electrons. The number of sulfonamides is 1. The van der Waals surface area contributed by atoms with E-state index in [0.29, 0.717) is 12.4 Å². The Balaban J connectivity index is 2.19. The number of hydrogen-bond donors (Lipinski definition) is 1. The van der Waals surface area contributed by atoms with Gasteiger partial charge in [0.15, 0.2) is 0 Å². The molecule has 0 saturated heterocycles. The van der Waals surface area contributed by atoms with Crippen LogP contribution in [0.2, 0.25) is 5.02 Å². The van der Waals surface area contributed by atoms with Gasteiger partial charge in [-0.25, -0.2) is 17.9 Å². The number of benzene rings is 2. The number of hydrogen-bond acceptors (Lipinski definition) is 5. The molecule has 0 saturated carbocycles. The molecule has 0 fully saturated rings. The van der Waals surface area contributed by atoms with Crippen molar-refractivity contribution in [3.63, 3.8) is 0 Å². The number of methoxy groups -OCH3 is 1. The molecule has 1 N–H and O–H groups in total. The Bertz CT molecular complexity index is 867. The molecule has 0 spiro atoms. The minimum atomic E-state index is -3.82. The number of carbonyl (C=O) groups is 1. The molecule has 25 heavy (non-hydrogen) atoms. The second kappa shape index (κ2) is 8.33. The van der Waals surface area contributed by atoms with Gasteiger partial charge in [0.2, 0.25) is 10.0 Å². The van der Waals surface area contributed by atoms with Crippen molar-refractivity contribution < 1.29 is 22.7 Å². The van der Waals surface area contributed by atoms with E-state index in [2.05, 4.69) is 9.46 Å². The topological polar surface area (TPSA) is 81.7 Å². The summed E-state index contributed by atoms with van der Waals surface area (Å²) in [7, 11) is -2.62. The fourth-order valence-electron chi connectivity index (χ4n) is 2.11. The van der Waals surface area contributed by atoms with Crippen molar-refractivity contribution in [2.75, 3.05) is 13.7 Å². The van der Waals surface area contributed by atoms with Gasteiger partial charge in [-0.3, -0.25) is 0 Å². The van der Waals surface area contributed by atoms with Crippen molar-refractivity contribution >= 4 is 27.6 Å². The first-order chi connectivity index (χ1) is 11.9. The second-order valence-electron chi connectivity index (χ2n) is 5.04. The van der Waals surface area contributed by atoms with Crippen LogP contribution in [0.15, 0.2) is 47.4 Å². The summed E-state index contributed by atoms with van der Waals surface area (Å²) < 4.78 is 37.4. The van der Waals surface area contributed by atoms with Crippen molar-refractivity contribution in [2.24, 2.45) is 0 Å². The SMILES string of the molecule is CCOc1cccc(CNS(=O)(=O)c2ccc(Cl)c(C(=O)OC)c2)c1. The number of esters is 1. The van der Waals surface area contributed by atoms with Gasteiger partial charge < -0.3 is 9.47 Å². The Morgan fingerprint density at radius 3 is 2.64 bits per heavy atom. The Kier molecular flexibility index (Phi) is 6.41. The van der Waals surface area contributed by atoms with E-state index in [4.69, 9.17) is 16.3 Å². The maximum atomic E-state index is 12.5. The summed E-state index contributed by atoms with van der Waals surface area (Å²) in [6, 6.07) is 11.0. The van der Waals surface area contributed by atoms with E-state index < -0.39 is 16.0 Å². The molecule has 6 nitrogen and oxygen atoms in total. The third kappa shape index (κ3) is 4.94. The monoisotopic (exact) mass is 383 g/mol. The first-order valence-corrected chi connectivity index (χ1v) is 9.32. The molecule has 0 aromatic heterocycles. The molecule has 0 amide bonds. The highest BCUT2D eigenvalue weighted by Gasteiger charge is 2.19. The van der Waals surface area contributed by atoms with Crippen LogP contribution in [-0.4, -0.2) is 28.1 Å². The molecule has 0 aliphatic carbocycles. The minimum absolute atomic E-state index is 0.00890. The van der Waals surface area contributed by atoms with Gasteiger partial charge in [0.25, 0.3) is 0 Å². The van der Waals surface area contributed by atoms with Gasteiger partial charge in [0.1, 0.15) is 5.75 Å². The highest BCUT2D eigenvalue weighted by molar-refractivity contribution is 7.89. The van der Waals surface area contributed by atoms with Crippen LogP contribution in [-0.2, 0) is 21.3 Å². The summed E-state index contributed by atoms with van der Waals surface area (Å²) in [5, 5.41) is 0.121. The van der Waals surface area contributed by atoms with Crippen LogP contribution in [0.3, 0.4) is 0 Å². The maximum Gasteiger partial charge on any atom is 0.339 e. The van der Waals surface area contributed by atoms with E-state index in [1.54, 1.807) is 24.3 Å². The lowest BCUT2D eigenvalue weighted by Gasteiger charge is -2.10. The summed E-state index contributed by atoms with van der Waals surface area (Å²) in [6.45, 7) is 2.48. The van der Waals surface area contributed by atoms with Crippen LogP contribution < -0.4 is 9.46 Å². The second-order valence-corrected chi connectivity index (χ2v) is 7.21. The molecule has 2 aromatic rings. The zero-order valence-corrected chi connectivity index (χ0v) is 15.4. The maximum absolute atomic E-state index is 12.5. The highest BCUT2D eigenvalue weighted by Crippen LogP contribution is 2.21. The van der Waals surface area contributed by atoms with Crippen LogP contribution in [0.5, 0.6) is 5.75 Å². The van der Waals surface area contributed by atoms with Crippen LogP contribution in [0.4, 0.5) is 0 Å². The molecule has 0 aliphatic heterocycles. The Hall–Kier alpha value is -2.09. The van der Waals surface area contributed by atoms with E-state index in [1.165, 1.54) is 25.3 Å². The molecule has 0 bridgehead atoms. The van der Waals surface area contributed by atoms with E-state index in [1.807, 2.05) is 6.92 Å². The number of halogens is 1. The van der Waals surface area contributed by atoms with Crippen molar-refractivity contribution in [2.45, 2.75) is 18.4 Å². The summed E-state index contributed by atoms with van der Waals surface area (Å²) in [6.07, 6.45) is 0. The molecule has 2 rings (SSSR count). The Labute approximate surface area is 151 Å². The number of rotatable bonds is 7. The van der Waals surface area contributed by atoms with Crippen molar-refractivity contribution in [3.8, 4) is 5.75 Å². The van der Waals surface area contributed by atoms with Gasteiger partial charge in [-0.1, -0.05) is 23.7 Å². The first-order valence-electron chi connectivity index (χ1n) is 7.46. The average Bonchev–Trinajstić information content (AvgIpc) is 2.60. The molecule has 134 valence electrons. The third-order valence-electron chi connectivity index (χ3n) is 3.33. The van der Waals surface area contributed by atoms with Crippen molar-refractivity contribution in [1.29, 1.82) is 0 Å². The summed E-state index contributed by atoms with van der Waals surface area (Å²) in [4.78, 5) is 11.6. The summed E-state index contributed by atoms with van der Waals surface area (Å²) in [5.41, 5.74) is 0.738. The smallest absolute Gasteiger partial charge is 0.339 e. The van der Waals surface area contributed by atoms with Crippen LogP contribution in [0.25, 0.3) is 0 Å². The Morgan fingerprint density at radius 2 is 1.96 bits per heavy atom. The lowest BCUT2D eigenvalue weighted by Crippen LogP contribution is -2.23. The Morgan fingerprint density at radius 1 is 1.20 bits per heavy atom. The van der Waals surface area contributed by atoms with Gasteiger partial charge in [-0.05, 0) is 42.8 Å². The normalized spacial score (nSPS) is 11.2. The number of carbonyl (C=O) groups excluding carboxylic acids is 1. The van der Waals surface area contributed by atoms with Crippen LogP contribution in [0.1, 0.15) is 22.8 Å². The van der Waals surface area contributed by atoms with Crippen molar-refractivity contribution in [3.05, 3.63) is 58.6 Å². The van der Waals surface area contributed by atoms with Gasteiger partial charge in [0.05, 0.1) is 29.2 Å². The fourth-order valence-corrected chi connectivity index (χ4v) is 3.35. The number of ether oxygens (including phenoxy) is 2. The van der Waals surface area contributed by atoms with Crippen LogP contribution in [0, 0.1) is 0 Å². The molecule has 0 heterocycles. The van der Waals surface area contributed by atoms with Gasteiger partial charge >= 0.3 is 5.97 Å². The first kappa shape index (κ1) is 19.2. The quantitative estimate of drug-likeness (QED) is 0.743. The molecule has 0 unspecified atom stereocenters. The fraction of sp³-hybridized carbons (Fsp3) is 0.235. The van der Waals surface area contributed by atoms with E-state index in [0.717, 1.165) is 5.56 Å². The standard InChI is InChI=1S/C17H18ClNO5S/c1-3-24-13-6-4-5-12(9-13)11-19-25(21,22)14-7-8-16(18)15(10-14)17(20)23-2/h4-10,19H,3,11H2,1-2H3. The molecular weight excluding hydrogens is 366 g/mol. The van der Waals surface area contributed by atoms with Crippen LogP contribution >= 0.6 is 11.6 Å². The van der Waals surface area contributed by atoms with E-state index in [9.17, 15) is 13.2 Å². The molecular formula is C17H18ClNO5S. The summed E-state index contributed by atoms with van der Waals surface area (Å²) in [5.74, 6) is -0.0369. The van der Waals surface area contributed by atoms with Crippen molar-refractivity contribution in [1.82, 2.24) is 4.72 Å². The lowest BCUT2D eigenvalue weighted by molar-refractivity contribution is 0.0600. The lowest BCUT2D eigenvalue weighted by atomic mass is 10.2.